The fourth-order valence-electron chi connectivity index (χ4n) is 0.822. The number of anilines is 2. The summed E-state index contributed by atoms with van der Waals surface area (Å²) in [5, 5.41) is 0. The molecule has 0 heterocycles. The van der Waals surface area contributed by atoms with Gasteiger partial charge in [0.15, 0.2) is 5.75 Å². The van der Waals surface area contributed by atoms with Crippen LogP contribution in [0.5, 0.6) is 5.75 Å². The summed E-state index contributed by atoms with van der Waals surface area (Å²) in [4.78, 5) is 0. The molecule has 0 bridgehead atoms. The highest BCUT2D eigenvalue weighted by Crippen LogP contribution is 2.38. The lowest BCUT2D eigenvalue weighted by Crippen LogP contribution is -2.19. The van der Waals surface area contributed by atoms with Crippen LogP contribution in [0.4, 0.5) is 24.5 Å². The molecule has 0 saturated carbocycles. The first-order valence-electron chi connectivity index (χ1n) is 3.40. The van der Waals surface area contributed by atoms with E-state index in [1.165, 1.54) is 12.1 Å². The predicted molar refractivity (Wildman–Crippen MR) is 49.6 cm³/mol. The van der Waals surface area contributed by atoms with Gasteiger partial charge < -0.3 is 16.2 Å². The van der Waals surface area contributed by atoms with Gasteiger partial charge in [-0.2, -0.15) is 0 Å². The van der Waals surface area contributed by atoms with Gasteiger partial charge in [0.2, 0.25) is 0 Å². The Bertz CT molecular complexity index is 354. The summed E-state index contributed by atoms with van der Waals surface area (Å²) >= 11 is 2.96. The van der Waals surface area contributed by atoms with Gasteiger partial charge in [-0.1, -0.05) is 0 Å². The quantitative estimate of drug-likeness (QED) is 0.771. The Morgan fingerprint density at radius 3 is 2.29 bits per heavy atom. The van der Waals surface area contributed by atoms with Gasteiger partial charge in [-0.25, -0.2) is 0 Å². The molecule has 0 aliphatic carbocycles. The van der Waals surface area contributed by atoms with Crippen molar-refractivity contribution < 1.29 is 17.9 Å². The van der Waals surface area contributed by atoms with E-state index in [9.17, 15) is 13.2 Å². The smallest absolute Gasteiger partial charge is 0.401 e. The number of nitrogens with two attached hydrogens (primary N) is 2. The third-order valence-electron chi connectivity index (χ3n) is 1.39. The van der Waals surface area contributed by atoms with Crippen LogP contribution in [0, 0.1) is 0 Å². The fourth-order valence-corrected chi connectivity index (χ4v) is 1.13. The van der Waals surface area contributed by atoms with Crippen molar-refractivity contribution in [2.24, 2.45) is 0 Å². The molecule has 1 aromatic carbocycles. The number of rotatable bonds is 1. The standard InChI is InChI=1S/C7H6BrF3N2O/c8-3-1-2-4(12)6(5(3)13)14-7(9,10)11/h1-2H,12-13H2. The first kappa shape index (κ1) is 11.0. The molecule has 0 amide bonds. The van der Waals surface area contributed by atoms with Crippen molar-refractivity contribution in [3.8, 4) is 5.75 Å². The van der Waals surface area contributed by atoms with E-state index in [1.807, 2.05) is 0 Å². The third-order valence-corrected chi connectivity index (χ3v) is 2.08. The van der Waals surface area contributed by atoms with Crippen LogP contribution in [-0.4, -0.2) is 6.36 Å². The van der Waals surface area contributed by atoms with Gasteiger partial charge in [-0.05, 0) is 28.1 Å². The van der Waals surface area contributed by atoms with Gasteiger partial charge >= 0.3 is 6.36 Å². The molecule has 3 nitrogen and oxygen atoms in total. The van der Waals surface area contributed by atoms with Crippen LogP contribution in [0.2, 0.25) is 0 Å². The average molecular weight is 271 g/mol. The van der Waals surface area contributed by atoms with Crippen LogP contribution in [0.3, 0.4) is 0 Å². The molecular weight excluding hydrogens is 265 g/mol. The van der Waals surface area contributed by atoms with E-state index in [-0.39, 0.29) is 11.4 Å². The molecule has 1 rings (SSSR count). The van der Waals surface area contributed by atoms with Crippen LogP contribution in [0.15, 0.2) is 16.6 Å². The number of halogens is 4. The number of benzene rings is 1. The molecule has 0 atom stereocenters. The molecule has 0 aliphatic heterocycles. The van der Waals surface area contributed by atoms with Crippen molar-refractivity contribution in [2.45, 2.75) is 6.36 Å². The topological polar surface area (TPSA) is 61.3 Å². The second-order valence-electron chi connectivity index (χ2n) is 2.43. The molecule has 0 aliphatic rings. The van der Waals surface area contributed by atoms with Gasteiger partial charge in [0.25, 0.3) is 0 Å². The van der Waals surface area contributed by atoms with Crippen LogP contribution >= 0.6 is 15.9 Å². The van der Waals surface area contributed by atoms with Gasteiger partial charge in [-0.3, -0.25) is 0 Å². The lowest BCUT2D eigenvalue weighted by molar-refractivity contribution is -0.274. The zero-order valence-electron chi connectivity index (χ0n) is 6.73. The van der Waals surface area contributed by atoms with Gasteiger partial charge in [0.05, 0.1) is 11.4 Å². The Morgan fingerprint density at radius 2 is 1.79 bits per heavy atom. The first-order chi connectivity index (χ1) is 6.31. The third kappa shape index (κ3) is 2.44. The van der Waals surface area contributed by atoms with E-state index < -0.39 is 12.1 Å². The monoisotopic (exact) mass is 270 g/mol. The van der Waals surface area contributed by atoms with E-state index in [0.29, 0.717) is 4.47 Å². The fraction of sp³-hybridized carbons (Fsp3) is 0.143. The molecule has 78 valence electrons. The van der Waals surface area contributed by atoms with Crippen LogP contribution < -0.4 is 16.2 Å². The summed E-state index contributed by atoms with van der Waals surface area (Å²) in [6.07, 6.45) is -4.80. The summed E-state index contributed by atoms with van der Waals surface area (Å²) in [6.45, 7) is 0. The van der Waals surface area contributed by atoms with Crippen molar-refractivity contribution >= 4 is 27.3 Å². The van der Waals surface area contributed by atoms with Crippen molar-refractivity contribution in [3.63, 3.8) is 0 Å². The van der Waals surface area contributed by atoms with Crippen molar-refractivity contribution in [1.82, 2.24) is 0 Å². The molecule has 7 heteroatoms. The number of hydrogen-bond acceptors (Lipinski definition) is 3. The largest absolute Gasteiger partial charge is 0.573 e. The SMILES string of the molecule is Nc1ccc(Br)c(N)c1OC(F)(F)F. The summed E-state index contributed by atoms with van der Waals surface area (Å²) in [5.41, 5.74) is 10.3. The lowest BCUT2D eigenvalue weighted by atomic mass is 10.2. The Balaban J connectivity index is 3.13. The molecule has 0 aromatic heterocycles. The molecule has 14 heavy (non-hydrogen) atoms. The first-order valence-corrected chi connectivity index (χ1v) is 4.20. The zero-order valence-corrected chi connectivity index (χ0v) is 8.32. The minimum atomic E-state index is -4.80. The Morgan fingerprint density at radius 1 is 1.21 bits per heavy atom. The molecule has 0 radical (unpaired) electrons. The molecule has 1 aromatic rings. The second-order valence-corrected chi connectivity index (χ2v) is 3.28. The number of alkyl halides is 3. The minimum absolute atomic E-state index is 0.164. The number of hydrogen-bond donors (Lipinski definition) is 2. The second kappa shape index (κ2) is 3.56. The Hall–Kier alpha value is -1.11. The zero-order chi connectivity index (χ0) is 10.9. The van der Waals surface area contributed by atoms with Crippen LogP contribution in [0.1, 0.15) is 0 Å². The van der Waals surface area contributed by atoms with E-state index in [0.717, 1.165) is 0 Å². The molecular formula is C7H6BrF3N2O. The summed E-state index contributed by atoms with van der Waals surface area (Å²) < 4.78 is 39.6. The predicted octanol–water partition coefficient (Wildman–Crippen LogP) is 2.51. The average Bonchev–Trinajstić information content (AvgIpc) is 2.04. The van der Waals surface area contributed by atoms with Crippen LogP contribution in [-0.2, 0) is 0 Å². The van der Waals surface area contributed by atoms with Crippen molar-refractivity contribution in [3.05, 3.63) is 16.6 Å². The Kier molecular flexibility index (Phi) is 2.79. The highest BCUT2D eigenvalue weighted by atomic mass is 79.9. The summed E-state index contributed by atoms with van der Waals surface area (Å²) in [7, 11) is 0. The normalized spacial score (nSPS) is 11.4. The summed E-state index contributed by atoms with van der Waals surface area (Å²) in [6, 6.07) is 2.70. The van der Waals surface area contributed by atoms with Gasteiger partial charge in [0, 0.05) is 4.47 Å². The Labute approximate surface area is 86.0 Å². The maximum absolute atomic E-state index is 11.9. The number of ether oxygens (including phenoxy) is 1. The summed E-state index contributed by atoms with van der Waals surface area (Å²) in [5.74, 6) is -0.577. The lowest BCUT2D eigenvalue weighted by Gasteiger charge is -2.13. The van der Waals surface area contributed by atoms with Gasteiger partial charge in [0.1, 0.15) is 0 Å². The van der Waals surface area contributed by atoms with E-state index >= 15 is 0 Å². The van der Waals surface area contributed by atoms with E-state index in [1.54, 1.807) is 0 Å². The van der Waals surface area contributed by atoms with Crippen LogP contribution in [0.25, 0.3) is 0 Å². The highest BCUT2D eigenvalue weighted by molar-refractivity contribution is 9.10. The van der Waals surface area contributed by atoms with E-state index in [4.69, 9.17) is 11.5 Å². The maximum atomic E-state index is 11.9. The maximum Gasteiger partial charge on any atom is 0.573 e. The molecule has 4 N–H and O–H groups in total. The highest BCUT2D eigenvalue weighted by Gasteiger charge is 2.33. The van der Waals surface area contributed by atoms with E-state index in [2.05, 4.69) is 20.7 Å². The van der Waals surface area contributed by atoms with Gasteiger partial charge in [-0.15, -0.1) is 13.2 Å². The minimum Gasteiger partial charge on any atom is -0.401 e. The molecule has 0 fully saturated rings. The van der Waals surface area contributed by atoms with Crippen molar-refractivity contribution in [1.29, 1.82) is 0 Å². The molecule has 0 spiro atoms. The number of nitrogen functional groups attached to an aromatic ring is 2. The molecule has 0 unspecified atom stereocenters. The molecule has 0 saturated heterocycles. The van der Waals surface area contributed by atoms with Crippen molar-refractivity contribution in [2.75, 3.05) is 11.5 Å².